The van der Waals surface area contributed by atoms with Crippen LogP contribution in [0.5, 0.6) is 11.8 Å². The van der Waals surface area contributed by atoms with Gasteiger partial charge >= 0.3 is 12.3 Å². The maximum absolute atomic E-state index is 14.3. The van der Waals surface area contributed by atoms with Gasteiger partial charge in [0.2, 0.25) is 10.0 Å². The third kappa shape index (κ3) is 6.96. The highest BCUT2D eigenvalue weighted by Gasteiger charge is 2.34. The first kappa shape index (κ1) is 27.9. The molecule has 1 atom stereocenters. The molecule has 0 aliphatic carbocycles. The Kier molecular flexibility index (Phi) is 8.10. The van der Waals surface area contributed by atoms with Crippen LogP contribution in [0.15, 0.2) is 41.0 Å². The molecule has 0 saturated heterocycles. The van der Waals surface area contributed by atoms with Crippen molar-refractivity contribution in [3.8, 4) is 11.8 Å². The third-order valence-corrected chi connectivity index (χ3v) is 5.63. The van der Waals surface area contributed by atoms with E-state index in [1.807, 2.05) is 0 Å². The molecule has 37 heavy (non-hydrogen) atoms. The fourth-order valence-electron chi connectivity index (χ4n) is 3.42. The number of halogens is 5. The molecule has 3 aromatic rings. The number of hydrogen-bond acceptors (Lipinski definition) is 6. The minimum Gasteiger partial charge on any atom is -0.416 e. The van der Waals surface area contributed by atoms with Gasteiger partial charge in [0.05, 0.1) is 17.9 Å². The van der Waals surface area contributed by atoms with E-state index in [1.165, 1.54) is 19.1 Å². The van der Waals surface area contributed by atoms with Crippen molar-refractivity contribution in [3.63, 3.8) is 0 Å². The van der Waals surface area contributed by atoms with Crippen molar-refractivity contribution in [2.24, 2.45) is 0 Å². The lowest BCUT2D eigenvalue weighted by Gasteiger charge is -2.16. The SMILES string of the molecule is CCCc1c(Oc2nc(C(=O)NC(C)c3cc(F)c(NS(C)(=O)=O)c(F)c3)co2)cccc1C(F)(F)F. The van der Waals surface area contributed by atoms with Crippen molar-refractivity contribution in [3.05, 3.63) is 70.6 Å². The summed E-state index contributed by atoms with van der Waals surface area (Å²) in [5, 5.41) is 2.43. The zero-order valence-corrected chi connectivity index (χ0v) is 20.6. The molecule has 1 unspecified atom stereocenters. The number of carbonyl (C=O) groups excluding carboxylic acids is 1. The zero-order chi connectivity index (χ0) is 27.5. The average Bonchev–Trinajstić information content (AvgIpc) is 3.24. The summed E-state index contributed by atoms with van der Waals surface area (Å²) < 4.78 is 103. The number of alkyl halides is 3. The smallest absolute Gasteiger partial charge is 0.416 e. The van der Waals surface area contributed by atoms with Crippen molar-refractivity contribution in [2.45, 2.75) is 38.9 Å². The maximum atomic E-state index is 14.3. The molecular formula is C23H22F5N3O5S. The Labute approximate surface area is 208 Å². The predicted molar refractivity (Wildman–Crippen MR) is 123 cm³/mol. The lowest BCUT2D eigenvalue weighted by atomic mass is 10.0. The highest BCUT2D eigenvalue weighted by atomic mass is 32.2. The molecule has 2 aromatic carbocycles. The maximum Gasteiger partial charge on any atom is 0.416 e. The summed E-state index contributed by atoms with van der Waals surface area (Å²) >= 11 is 0. The Balaban J connectivity index is 1.76. The van der Waals surface area contributed by atoms with Gasteiger partial charge in [-0.05, 0) is 43.2 Å². The number of nitrogens with one attached hydrogen (secondary N) is 2. The summed E-state index contributed by atoms with van der Waals surface area (Å²) in [5.74, 6) is -3.35. The molecule has 2 N–H and O–H groups in total. The zero-order valence-electron chi connectivity index (χ0n) is 19.7. The van der Waals surface area contributed by atoms with E-state index in [0.29, 0.717) is 6.42 Å². The number of aromatic nitrogens is 1. The molecule has 14 heteroatoms. The van der Waals surface area contributed by atoms with Crippen LogP contribution in [0, 0.1) is 11.6 Å². The largest absolute Gasteiger partial charge is 0.416 e. The van der Waals surface area contributed by atoms with Crippen LogP contribution in [0.25, 0.3) is 0 Å². The lowest BCUT2D eigenvalue weighted by molar-refractivity contribution is -0.138. The molecule has 0 aliphatic heterocycles. The summed E-state index contributed by atoms with van der Waals surface area (Å²) in [7, 11) is -3.93. The number of amides is 1. The topological polar surface area (TPSA) is 111 Å². The molecule has 0 saturated carbocycles. The minimum atomic E-state index is -4.60. The minimum absolute atomic E-state index is 0.0180. The van der Waals surface area contributed by atoms with Crippen molar-refractivity contribution in [2.75, 3.05) is 11.0 Å². The van der Waals surface area contributed by atoms with Crippen LogP contribution >= 0.6 is 0 Å². The number of anilines is 1. The molecular weight excluding hydrogens is 525 g/mol. The standard InChI is InChI=1S/C23H22F5N3O5S/c1-4-6-14-15(23(26,27)28)7-5-8-19(14)36-22-30-18(11-35-22)21(32)29-12(2)13-9-16(24)20(17(25)10-13)31-37(3,33)34/h5,7-12,31H,4,6H2,1-3H3,(H,29,32). The molecule has 1 aromatic heterocycles. The van der Waals surface area contributed by atoms with Gasteiger partial charge in [-0.25, -0.2) is 17.2 Å². The van der Waals surface area contributed by atoms with E-state index in [4.69, 9.17) is 9.15 Å². The molecule has 1 amide bonds. The van der Waals surface area contributed by atoms with Crippen molar-refractivity contribution < 1.29 is 44.3 Å². The van der Waals surface area contributed by atoms with Crippen LogP contribution in [-0.2, 0) is 22.6 Å². The number of ether oxygens (including phenoxy) is 1. The Morgan fingerprint density at radius 1 is 1.19 bits per heavy atom. The highest BCUT2D eigenvalue weighted by Crippen LogP contribution is 2.38. The number of sulfonamides is 1. The fourth-order valence-corrected chi connectivity index (χ4v) is 3.98. The van der Waals surface area contributed by atoms with E-state index < -0.39 is 57.1 Å². The first-order valence-electron chi connectivity index (χ1n) is 10.8. The monoisotopic (exact) mass is 547 g/mol. The molecule has 3 rings (SSSR count). The van der Waals surface area contributed by atoms with Crippen LogP contribution < -0.4 is 14.8 Å². The second kappa shape index (κ2) is 10.7. The van der Waals surface area contributed by atoms with E-state index in [-0.39, 0.29) is 29.0 Å². The summed E-state index contributed by atoms with van der Waals surface area (Å²) in [6.07, 6.45) is -2.96. The van der Waals surface area contributed by atoms with Crippen molar-refractivity contribution >= 4 is 21.6 Å². The molecule has 1 heterocycles. The molecule has 200 valence electrons. The predicted octanol–water partition coefficient (Wildman–Crippen LogP) is 5.58. The first-order valence-corrected chi connectivity index (χ1v) is 12.7. The summed E-state index contributed by atoms with van der Waals surface area (Å²) in [6.45, 7) is 3.12. The fraction of sp³-hybridized carbons (Fsp3) is 0.304. The van der Waals surface area contributed by atoms with Crippen LogP contribution in [0.3, 0.4) is 0 Å². The molecule has 0 bridgehead atoms. The lowest BCUT2D eigenvalue weighted by Crippen LogP contribution is -2.27. The van der Waals surface area contributed by atoms with Gasteiger partial charge in [0.1, 0.15) is 17.7 Å². The molecule has 0 aliphatic rings. The number of carbonyl (C=O) groups is 1. The Morgan fingerprint density at radius 2 is 1.84 bits per heavy atom. The van der Waals surface area contributed by atoms with Crippen LogP contribution in [-0.4, -0.2) is 25.6 Å². The van der Waals surface area contributed by atoms with Gasteiger partial charge in [0, 0.05) is 5.56 Å². The Morgan fingerprint density at radius 3 is 2.41 bits per heavy atom. The third-order valence-electron chi connectivity index (χ3n) is 5.05. The number of benzene rings is 2. The van der Waals surface area contributed by atoms with Gasteiger partial charge in [-0.2, -0.15) is 18.2 Å². The highest BCUT2D eigenvalue weighted by molar-refractivity contribution is 7.92. The van der Waals surface area contributed by atoms with Crippen molar-refractivity contribution in [1.29, 1.82) is 0 Å². The van der Waals surface area contributed by atoms with E-state index in [1.54, 1.807) is 11.6 Å². The van der Waals surface area contributed by atoms with Gasteiger partial charge in [-0.1, -0.05) is 19.4 Å². The van der Waals surface area contributed by atoms with Crippen LogP contribution in [0.1, 0.15) is 53.5 Å². The van der Waals surface area contributed by atoms with Gasteiger partial charge in [-0.3, -0.25) is 9.52 Å². The second-order valence-corrected chi connectivity index (χ2v) is 9.81. The summed E-state index contributed by atoms with van der Waals surface area (Å²) in [6, 6.07) is 4.17. The second-order valence-electron chi connectivity index (χ2n) is 8.06. The normalized spacial score (nSPS) is 12.8. The Bertz CT molecular complexity index is 1380. The van der Waals surface area contributed by atoms with Gasteiger partial charge in [-0.15, -0.1) is 0 Å². The van der Waals surface area contributed by atoms with Crippen LogP contribution in [0.4, 0.5) is 27.6 Å². The van der Waals surface area contributed by atoms with Crippen molar-refractivity contribution in [1.82, 2.24) is 10.3 Å². The summed E-state index contributed by atoms with van der Waals surface area (Å²) in [5.41, 5.74) is -2.13. The number of nitrogens with zero attached hydrogens (tertiary/aromatic N) is 1. The molecule has 8 nitrogen and oxygen atoms in total. The van der Waals surface area contributed by atoms with E-state index in [0.717, 1.165) is 30.7 Å². The van der Waals surface area contributed by atoms with Gasteiger partial charge in [0.25, 0.3) is 5.91 Å². The van der Waals surface area contributed by atoms with Gasteiger partial charge in [0.15, 0.2) is 17.3 Å². The Hall–Kier alpha value is -3.68. The number of rotatable bonds is 9. The van der Waals surface area contributed by atoms with E-state index in [2.05, 4.69) is 10.3 Å². The number of hydrogen-bond donors (Lipinski definition) is 2. The van der Waals surface area contributed by atoms with E-state index >= 15 is 0 Å². The number of oxazole rings is 1. The van der Waals surface area contributed by atoms with E-state index in [9.17, 15) is 35.2 Å². The average molecular weight is 548 g/mol. The summed E-state index contributed by atoms with van der Waals surface area (Å²) in [4.78, 5) is 16.4. The first-order chi connectivity index (χ1) is 17.2. The molecule has 0 radical (unpaired) electrons. The van der Waals surface area contributed by atoms with Gasteiger partial charge < -0.3 is 14.5 Å². The van der Waals surface area contributed by atoms with Crippen LogP contribution in [0.2, 0.25) is 0 Å². The molecule has 0 spiro atoms. The molecule has 0 fully saturated rings. The quantitative estimate of drug-likeness (QED) is 0.339.